The van der Waals surface area contributed by atoms with Gasteiger partial charge in [-0.2, -0.15) is 5.10 Å². The van der Waals surface area contributed by atoms with Crippen LogP contribution in [0.2, 0.25) is 0 Å². The van der Waals surface area contributed by atoms with E-state index in [0.717, 1.165) is 10.1 Å². The van der Waals surface area contributed by atoms with E-state index in [9.17, 15) is 13.6 Å². The fourth-order valence-electron chi connectivity index (χ4n) is 2.57. The SMILES string of the molecule is Cc1ccc(-c2cc(C(F)F)n3ncc(C(=O)NCC(C)C)c3n2)cc1. The second-order valence-electron chi connectivity index (χ2n) is 6.63. The number of alkyl halides is 2. The lowest BCUT2D eigenvalue weighted by molar-refractivity contribution is 0.0950. The molecule has 0 fully saturated rings. The molecule has 7 heteroatoms. The number of carbonyl (C=O) groups excluding carboxylic acids is 1. The van der Waals surface area contributed by atoms with Crippen LogP contribution in [-0.2, 0) is 0 Å². The van der Waals surface area contributed by atoms with Crippen LogP contribution in [0.25, 0.3) is 16.9 Å². The molecule has 0 saturated heterocycles. The minimum Gasteiger partial charge on any atom is -0.352 e. The van der Waals surface area contributed by atoms with Gasteiger partial charge in [-0.1, -0.05) is 43.7 Å². The van der Waals surface area contributed by atoms with E-state index >= 15 is 0 Å². The van der Waals surface area contributed by atoms with Crippen molar-refractivity contribution < 1.29 is 13.6 Å². The van der Waals surface area contributed by atoms with Crippen molar-refractivity contribution in [2.45, 2.75) is 27.2 Å². The van der Waals surface area contributed by atoms with Crippen LogP contribution < -0.4 is 5.32 Å². The average Bonchev–Trinajstić information content (AvgIpc) is 3.03. The number of carbonyl (C=O) groups is 1. The molecule has 0 aliphatic rings. The van der Waals surface area contributed by atoms with Crippen molar-refractivity contribution in [3.05, 3.63) is 53.3 Å². The van der Waals surface area contributed by atoms with Gasteiger partial charge in [-0.15, -0.1) is 0 Å². The fraction of sp³-hybridized carbons (Fsp3) is 0.316. The smallest absolute Gasteiger partial charge is 0.280 e. The van der Waals surface area contributed by atoms with Crippen molar-refractivity contribution in [2.24, 2.45) is 5.92 Å². The summed E-state index contributed by atoms with van der Waals surface area (Å²) in [6.07, 6.45) is -1.46. The number of rotatable bonds is 5. The Hall–Kier alpha value is -2.83. The van der Waals surface area contributed by atoms with Crippen molar-refractivity contribution in [1.29, 1.82) is 0 Å². The standard InChI is InChI=1S/C19H20F2N4O/c1-11(2)9-22-19(26)14-10-23-25-16(17(20)21)8-15(24-18(14)25)13-6-4-12(3)5-7-13/h4-8,10-11,17H,9H2,1-3H3,(H,22,26). The van der Waals surface area contributed by atoms with Crippen LogP contribution in [0.3, 0.4) is 0 Å². The predicted octanol–water partition coefficient (Wildman–Crippen LogP) is 4.03. The molecule has 0 bridgehead atoms. The minimum absolute atomic E-state index is 0.125. The zero-order chi connectivity index (χ0) is 18.8. The van der Waals surface area contributed by atoms with Crippen molar-refractivity contribution in [3.63, 3.8) is 0 Å². The predicted molar refractivity (Wildman–Crippen MR) is 95.3 cm³/mol. The van der Waals surface area contributed by atoms with Gasteiger partial charge in [0, 0.05) is 12.1 Å². The van der Waals surface area contributed by atoms with Crippen molar-refractivity contribution in [1.82, 2.24) is 19.9 Å². The van der Waals surface area contributed by atoms with Gasteiger partial charge in [0.2, 0.25) is 0 Å². The summed E-state index contributed by atoms with van der Waals surface area (Å²) in [4.78, 5) is 16.8. The first-order chi connectivity index (χ1) is 12.4. The molecule has 0 saturated carbocycles. The van der Waals surface area contributed by atoms with Crippen molar-refractivity contribution >= 4 is 11.6 Å². The Morgan fingerprint density at radius 3 is 2.54 bits per heavy atom. The largest absolute Gasteiger partial charge is 0.352 e. The van der Waals surface area contributed by atoms with Gasteiger partial charge in [-0.05, 0) is 18.9 Å². The molecule has 3 aromatic rings. The van der Waals surface area contributed by atoms with Crippen LogP contribution in [0, 0.1) is 12.8 Å². The fourth-order valence-corrected chi connectivity index (χ4v) is 2.57. The molecule has 136 valence electrons. The lowest BCUT2D eigenvalue weighted by Gasteiger charge is -2.09. The maximum Gasteiger partial charge on any atom is 0.280 e. The summed E-state index contributed by atoms with van der Waals surface area (Å²) in [7, 11) is 0. The number of aryl methyl sites for hydroxylation is 1. The quantitative estimate of drug-likeness (QED) is 0.749. The molecular weight excluding hydrogens is 338 g/mol. The third kappa shape index (κ3) is 3.56. The van der Waals surface area contributed by atoms with E-state index in [-0.39, 0.29) is 28.7 Å². The summed E-state index contributed by atoms with van der Waals surface area (Å²) < 4.78 is 28.1. The highest BCUT2D eigenvalue weighted by Gasteiger charge is 2.21. The summed E-state index contributed by atoms with van der Waals surface area (Å²) >= 11 is 0. The Morgan fingerprint density at radius 2 is 1.92 bits per heavy atom. The number of nitrogens with zero attached hydrogens (tertiary/aromatic N) is 3. The molecule has 5 nitrogen and oxygen atoms in total. The van der Waals surface area contributed by atoms with E-state index in [1.54, 1.807) is 0 Å². The monoisotopic (exact) mass is 358 g/mol. The van der Waals surface area contributed by atoms with Crippen LogP contribution in [0.5, 0.6) is 0 Å². The third-order valence-corrected chi connectivity index (χ3v) is 3.99. The lowest BCUT2D eigenvalue weighted by Crippen LogP contribution is -2.27. The zero-order valence-corrected chi connectivity index (χ0v) is 14.8. The summed E-state index contributed by atoms with van der Waals surface area (Å²) in [6, 6.07) is 8.72. The number of nitrogens with one attached hydrogen (secondary N) is 1. The number of hydrogen-bond acceptors (Lipinski definition) is 3. The van der Waals surface area contributed by atoms with Crippen LogP contribution in [-0.4, -0.2) is 27.0 Å². The van der Waals surface area contributed by atoms with Gasteiger partial charge in [0.25, 0.3) is 12.3 Å². The molecule has 2 heterocycles. The molecule has 1 aromatic carbocycles. The first-order valence-corrected chi connectivity index (χ1v) is 8.39. The Labute approximate surface area is 150 Å². The van der Waals surface area contributed by atoms with Crippen LogP contribution >= 0.6 is 0 Å². The molecule has 0 unspecified atom stereocenters. The maximum atomic E-state index is 13.5. The Morgan fingerprint density at radius 1 is 1.23 bits per heavy atom. The number of aromatic nitrogens is 3. The van der Waals surface area contributed by atoms with E-state index in [1.165, 1.54) is 12.3 Å². The Kier molecular flexibility index (Phi) is 4.97. The first kappa shape index (κ1) is 18.0. The molecule has 0 atom stereocenters. The van der Waals surface area contributed by atoms with Gasteiger partial charge in [0.05, 0.1) is 11.9 Å². The minimum atomic E-state index is -2.74. The molecule has 2 aromatic heterocycles. The van der Waals surface area contributed by atoms with Gasteiger partial charge in [0.15, 0.2) is 5.65 Å². The van der Waals surface area contributed by atoms with E-state index in [1.807, 2.05) is 45.0 Å². The summed E-state index contributed by atoms with van der Waals surface area (Å²) in [6.45, 7) is 6.37. The number of hydrogen-bond donors (Lipinski definition) is 1. The van der Waals surface area contributed by atoms with Gasteiger partial charge < -0.3 is 5.32 Å². The lowest BCUT2D eigenvalue weighted by atomic mass is 10.1. The van der Waals surface area contributed by atoms with Crippen molar-refractivity contribution in [3.8, 4) is 11.3 Å². The van der Waals surface area contributed by atoms with E-state index in [4.69, 9.17) is 0 Å². The van der Waals surface area contributed by atoms with Gasteiger partial charge in [-0.3, -0.25) is 4.79 Å². The molecule has 3 rings (SSSR count). The van der Waals surface area contributed by atoms with Crippen molar-refractivity contribution in [2.75, 3.05) is 6.54 Å². The van der Waals surface area contributed by atoms with Crippen LogP contribution in [0.4, 0.5) is 8.78 Å². The highest BCUT2D eigenvalue weighted by molar-refractivity contribution is 5.99. The number of benzene rings is 1. The molecule has 0 spiro atoms. The second kappa shape index (κ2) is 7.19. The molecule has 26 heavy (non-hydrogen) atoms. The highest BCUT2D eigenvalue weighted by atomic mass is 19.3. The number of amides is 1. The third-order valence-electron chi connectivity index (χ3n) is 3.99. The normalized spacial score (nSPS) is 11.5. The zero-order valence-electron chi connectivity index (χ0n) is 14.8. The molecule has 1 N–H and O–H groups in total. The number of fused-ring (bicyclic) bond motifs is 1. The van der Waals surface area contributed by atoms with Crippen LogP contribution in [0.15, 0.2) is 36.5 Å². The summed E-state index contributed by atoms with van der Waals surface area (Å²) in [5.41, 5.74) is 2.15. The van der Waals surface area contributed by atoms with E-state index in [2.05, 4.69) is 15.4 Å². The molecule has 0 radical (unpaired) electrons. The molecule has 0 aliphatic carbocycles. The first-order valence-electron chi connectivity index (χ1n) is 8.39. The van der Waals surface area contributed by atoms with E-state index in [0.29, 0.717) is 17.8 Å². The molecule has 0 aliphatic heterocycles. The number of halogens is 2. The van der Waals surface area contributed by atoms with Gasteiger partial charge >= 0.3 is 0 Å². The molecule has 1 amide bonds. The maximum absolute atomic E-state index is 13.5. The Balaban J connectivity index is 2.11. The van der Waals surface area contributed by atoms with E-state index < -0.39 is 6.43 Å². The summed E-state index contributed by atoms with van der Waals surface area (Å²) in [5.74, 6) is -0.101. The van der Waals surface area contributed by atoms with Crippen LogP contribution in [0.1, 0.15) is 41.9 Å². The topological polar surface area (TPSA) is 59.3 Å². The molecular formula is C19H20F2N4O. The Bertz CT molecular complexity index is 933. The second-order valence-corrected chi connectivity index (χ2v) is 6.63. The highest BCUT2D eigenvalue weighted by Crippen LogP contribution is 2.27. The summed E-state index contributed by atoms with van der Waals surface area (Å²) in [5, 5.41) is 6.72. The van der Waals surface area contributed by atoms with Gasteiger partial charge in [0.1, 0.15) is 11.3 Å². The van der Waals surface area contributed by atoms with Gasteiger partial charge in [-0.25, -0.2) is 18.3 Å². The average molecular weight is 358 g/mol.